The summed E-state index contributed by atoms with van der Waals surface area (Å²) in [4.78, 5) is 7.12. The van der Waals surface area contributed by atoms with Gasteiger partial charge in [-0.2, -0.15) is 5.26 Å². The predicted molar refractivity (Wildman–Crippen MR) is 64.3 cm³/mol. The first-order chi connectivity index (χ1) is 7.19. The van der Waals surface area contributed by atoms with Gasteiger partial charge in [-0.3, -0.25) is 0 Å². The Morgan fingerprint density at radius 1 is 1.53 bits per heavy atom. The lowest BCUT2D eigenvalue weighted by molar-refractivity contribution is 1.07. The van der Waals surface area contributed by atoms with Crippen molar-refractivity contribution in [2.75, 3.05) is 24.7 Å². The van der Waals surface area contributed by atoms with Crippen LogP contribution in [-0.2, 0) is 0 Å². The van der Waals surface area contributed by atoms with Crippen LogP contribution >= 0.6 is 11.8 Å². The second-order valence-corrected chi connectivity index (χ2v) is 4.53. The van der Waals surface area contributed by atoms with Gasteiger partial charge < -0.3 is 4.90 Å². The molecular formula is C11H15N3S. The normalized spacial score (nSPS) is 9.73. The summed E-state index contributed by atoms with van der Waals surface area (Å²) in [7, 11) is 3.94. The number of rotatable bonds is 4. The minimum atomic E-state index is 0.527. The van der Waals surface area contributed by atoms with Gasteiger partial charge in [0, 0.05) is 19.0 Å². The van der Waals surface area contributed by atoms with Crippen LogP contribution in [0.1, 0.15) is 19.0 Å². The highest BCUT2D eigenvalue weighted by molar-refractivity contribution is 7.99. The van der Waals surface area contributed by atoms with Crippen LogP contribution in [-0.4, -0.2) is 24.8 Å². The fourth-order valence-electron chi connectivity index (χ4n) is 1.08. The Balaban J connectivity index is 2.98. The zero-order valence-corrected chi connectivity index (χ0v) is 10.1. The third kappa shape index (κ3) is 3.14. The SMILES string of the molecule is CCCSc1cc(N(C)C)cnc1C#N. The number of hydrogen-bond donors (Lipinski definition) is 0. The maximum Gasteiger partial charge on any atom is 0.154 e. The molecule has 0 radical (unpaired) electrons. The molecule has 0 saturated carbocycles. The zero-order chi connectivity index (χ0) is 11.3. The van der Waals surface area contributed by atoms with Crippen LogP contribution in [0, 0.1) is 11.3 Å². The Hall–Kier alpha value is -1.21. The van der Waals surface area contributed by atoms with E-state index in [1.807, 2.05) is 25.1 Å². The number of pyridine rings is 1. The van der Waals surface area contributed by atoms with Gasteiger partial charge in [-0.1, -0.05) is 6.92 Å². The van der Waals surface area contributed by atoms with Crippen molar-refractivity contribution in [3.63, 3.8) is 0 Å². The first-order valence-corrected chi connectivity index (χ1v) is 5.87. The summed E-state index contributed by atoms with van der Waals surface area (Å²) in [6.45, 7) is 2.13. The average Bonchev–Trinajstić information content (AvgIpc) is 2.25. The fraction of sp³-hybridized carbons (Fsp3) is 0.455. The lowest BCUT2D eigenvalue weighted by Crippen LogP contribution is -2.09. The van der Waals surface area contributed by atoms with Gasteiger partial charge >= 0.3 is 0 Å². The van der Waals surface area contributed by atoms with Crippen LogP contribution in [0.4, 0.5) is 5.69 Å². The van der Waals surface area contributed by atoms with E-state index in [1.165, 1.54) is 0 Å². The minimum Gasteiger partial charge on any atom is -0.376 e. The smallest absolute Gasteiger partial charge is 0.154 e. The van der Waals surface area contributed by atoms with Crippen molar-refractivity contribution in [3.8, 4) is 6.07 Å². The molecule has 1 rings (SSSR count). The van der Waals surface area contributed by atoms with Gasteiger partial charge in [-0.25, -0.2) is 4.98 Å². The van der Waals surface area contributed by atoms with Gasteiger partial charge in [0.2, 0.25) is 0 Å². The molecule has 0 saturated heterocycles. The summed E-state index contributed by atoms with van der Waals surface area (Å²) in [5.41, 5.74) is 1.56. The van der Waals surface area contributed by atoms with E-state index in [1.54, 1.807) is 18.0 Å². The third-order valence-electron chi connectivity index (χ3n) is 1.92. The number of thioether (sulfide) groups is 1. The van der Waals surface area contributed by atoms with Crippen molar-refractivity contribution in [1.82, 2.24) is 4.98 Å². The van der Waals surface area contributed by atoms with Crippen molar-refractivity contribution in [3.05, 3.63) is 18.0 Å². The Bertz CT molecular complexity index is 369. The van der Waals surface area contributed by atoms with Gasteiger partial charge in [-0.15, -0.1) is 11.8 Å². The fourth-order valence-corrected chi connectivity index (χ4v) is 1.95. The predicted octanol–water partition coefficient (Wildman–Crippen LogP) is 2.52. The maximum atomic E-state index is 8.91. The van der Waals surface area contributed by atoms with Gasteiger partial charge in [-0.05, 0) is 18.2 Å². The Morgan fingerprint density at radius 3 is 2.80 bits per heavy atom. The lowest BCUT2D eigenvalue weighted by atomic mass is 10.3. The molecule has 4 heteroatoms. The molecule has 0 unspecified atom stereocenters. The van der Waals surface area contributed by atoms with E-state index in [0.29, 0.717) is 5.69 Å². The monoisotopic (exact) mass is 221 g/mol. The summed E-state index contributed by atoms with van der Waals surface area (Å²) in [6, 6.07) is 4.14. The van der Waals surface area contributed by atoms with Gasteiger partial charge in [0.15, 0.2) is 5.69 Å². The molecule has 0 aromatic carbocycles. The molecule has 0 aliphatic carbocycles. The van der Waals surface area contributed by atoms with E-state index in [4.69, 9.17) is 5.26 Å². The van der Waals surface area contributed by atoms with E-state index < -0.39 is 0 Å². The number of hydrogen-bond acceptors (Lipinski definition) is 4. The summed E-state index contributed by atoms with van der Waals surface area (Å²) in [5, 5.41) is 8.91. The first-order valence-electron chi connectivity index (χ1n) is 4.89. The second kappa shape index (κ2) is 5.62. The highest BCUT2D eigenvalue weighted by Crippen LogP contribution is 2.25. The highest BCUT2D eigenvalue weighted by atomic mass is 32.2. The molecular weight excluding hydrogens is 206 g/mol. The molecule has 80 valence electrons. The molecule has 0 spiro atoms. The van der Waals surface area contributed by atoms with Crippen LogP contribution in [0.5, 0.6) is 0 Å². The average molecular weight is 221 g/mol. The Labute approximate surface area is 95.1 Å². The van der Waals surface area contributed by atoms with Gasteiger partial charge in [0.1, 0.15) is 6.07 Å². The minimum absolute atomic E-state index is 0.527. The van der Waals surface area contributed by atoms with E-state index in [0.717, 1.165) is 22.8 Å². The summed E-state index contributed by atoms with van der Waals surface area (Å²) >= 11 is 1.69. The molecule has 0 fully saturated rings. The van der Waals surface area contributed by atoms with Crippen molar-refractivity contribution in [2.45, 2.75) is 18.2 Å². The lowest BCUT2D eigenvalue weighted by Gasteiger charge is -2.13. The quantitative estimate of drug-likeness (QED) is 0.732. The van der Waals surface area contributed by atoms with Crippen LogP contribution in [0.3, 0.4) is 0 Å². The van der Waals surface area contributed by atoms with Crippen LogP contribution in [0.15, 0.2) is 17.2 Å². The van der Waals surface area contributed by atoms with E-state index in [-0.39, 0.29) is 0 Å². The Kier molecular flexibility index (Phi) is 4.44. The number of nitrogens with zero attached hydrogens (tertiary/aromatic N) is 3. The molecule has 1 aromatic heterocycles. The van der Waals surface area contributed by atoms with Crippen molar-refractivity contribution >= 4 is 17.4 Å². The van der Waals surface area contributed by atoms with Gasteiger partial charge in [0.25, 0.3) is 0 Å². The third-order valence-corrected chi connectivity index (χ3v) is 3.16. The van der Waals surface area contributed by atoms with Crippen LogP contribution in [0.25, 0.3) is 0 Å². The van der Waals surface area contributed by atoms with Gasteiger partial charge in [0.05, 0.1) is 11.9 Å². The Morgan fingerprint density at radius 2 is 2.27 bits per heavy atom. The number of anilines is 1. The first kappa shape index (κ1) is 11.9. The molecule has 0 amide bonds. The topological polar surface area (TPSA) is 39.9 Å². The second-order valence-electron chi connectivity index (χ2n) is 3.39. The highest BCUT2D eigenvalue weighted by Gasteiger charge is 2.06. The van der Waals surface area contributed by atoms with Crippen molar-refractivity contribution in [1.29, 1.82) is 5.26 Å². The summed E-state index contributed by atoms with van der Waals surface area (Å²) in [5.74, 6) is 1.02. The molecule has 0 aliphatic heterocycles. The summed E-state index contributed by atoms with van der Waals surface area (Å²) < 4.78 is 0. The van der Waals surface area contributed by atoms with E-state index >= 15 is 0 Å². The molecule has 0 bridgehead atoms. The maximum absolute atomic E-state index is 8.91. The molecule has 0 aliphatic rings. The largest absolute Gasteiger partial charge is 0.376 e. The molecule has 3 nitrogen and oxygen atoms in total. The summed E-state index contributed by atoms with van der Waals surface area (Å²) in [6.07, 6.45) is 2.83. The standard InChI is InChI=1S/C11H15N3S/c1-4-5-15-11-6-9(14(2)3)8-13-10(11)7-12/h6,8H,4-5H2,1-3H3. The van der Waals surface area contributed by atoms with Crippen molar-refractivity contribution < 1.29 is 0 Å². The zero-order valence-electron chi connectivity index (χ0n) is 9.32. The van der Waals surface area contributed by atoms with Crippen LogP contribution < -0.4 is 4.90 Å². The van der Waals surface area contributed by atoms with E-state index in [2.05, 4.69) is 18.0 Å². The molecule has 1 aromatic rings. The van der Waals surface area contributed by atoms with Crippen LogP contribution in [0.2, 0.25) is 0 Å². The molecule has 1 heterocycles. The number of nitriles is 1. The number of aromatic nitrogens is 1. The van der Waals surface area contributed by atoms with Crippen molar-refractivity contribution in [2.24, 2.45) is 0 Å². The van der Waals surface area contributed by atoms with E-state index in [9.17, 15) is 0 Å². The molecule has 0 N–H and O–H groups in total. The molecule has 15 heavy (non-hydrogen) atoms. The molecule has 0 atom stereocenters.